The van der Waals surface area contributed by atoms with Gasteiger partial charge in [0.2, 0.25) is 6.54 Å². The third-order valence-electron chi connectivity index (χ3n) is 5.81. The summed E-state index contributed by atoms with van der Waals surface area (Å²) in [4.78, 5) is 29.1. The monoisotopic (exact) mass is 436 g/mol. The number of hydrogen-bond donors (Lipinski definition) is 0. The highest BCUT2D eigenvalue weighted by atomic mass is 16.6. The number of nitrogens with zero attached hydrogens (tertiary/aromatic N) is 2. The van der Waals surface area contributed by atoms with Gasteiger partial charge < -0.3 is 0 Å². The highest BCUT2D eigenvalue weighted by Crippen LogP contribution is 2.33. The van der Waals surface area contributed by atoms with Gasteiger partial charge in [-0.15, -0.1) is 0 Å². The van der Waals surface area contributed by atoms with Crippen molar-refractivity contribution in [1.29, 1.82) is 0 Å². The lowest BCUT2D eigenvalue weighted by Gasteiger charge is -2.21. The van der Waals surface area contributed by atoms with Crippen LogP contribution in [0, 0.1) is 28.9 Å². The number of rotatable bonds is 6. The van der Waals surface area contributed by atoms with E-state index in [1.807, 2.05) is 79.7 Å². The van der Waals surface area contributed by atoms with Crippen molar-refractivity contribution < 1.29 is 9.72 Å². The number of benzene rings is 2. The highest BCUT2D eigenvalue weighted by molar-refractivity contribution is 6.07. The number of allylic oxidation sites excluding steroid dienone is 2. The number of carbonyl (C=O) groups is 1. The fraction of sp³-hybridized carbons (Fsp3) is 0.214. The minimum absolute atomic E-state index is 0.0749. The van der Waals surface area contributed by atoms with Crippen LogP contribution in [0.3, 0.4) is 0 Å². The molecule has 0 N–H and O–H groups in total. The number of hydrogen-bond acceptors (Lipinski definition) is 4. The SMILES string of the molecule is Cc1ccc2c(n1)CCC(C(=O)CC(C[N+](=O)[O-])c1ccccc1)=C2C#Cc1ccccc1. The van der Waals surface area contributed by atoms with Crippen LogP contribution >= 0.6 is 0 Å². The first-order chi connectivity index (χ1) is 16.0. The van der Waals surface area contributed by atoms with E-state index < -0.39 is 5.92 Å². The zero-order chi connectivity index (χ0) is 23.2. The standard InChI is InChI=1S/C28H24N2O3/c1-20-12-14-25-24(15-13-21-8-4-2-5-9-21)26(16-17-27(25)29-20)28(31)18-23(19-30(32)33)22-10-6-3-7-11-22/h2-12,14,23H,16-19H2,1H3. The van der Waals surface area contributed by atoms with Crippen LogP contribution in [0.4, 0.5) is 0 Å². The minimum Gasteiger partial charge on any atom is -0.294 e. The van der Waals surface area contributed by atoms with E-state index in [-0.39, 0.29) is 23.7 Å². The molecule has 2 aromatic carbocycles. The lowest BCUT2D eigenvalue weighted by molar-refractivity contribution is -0.483. The molecule has 1 atom stereocenters. The van der Waals surface area contributed by atoms with Crippen molar-refractivity contribution in [3.05, 3.63) is 117 Å². The molecule has 0 fully saturated rings. The molecule has 0 radical (unpaired) electrons. The molecule has 0 aliphatic heterocycles. The molecule has 5 heteroatoms. The molecule has 0 amide bonds. The van der Waals surface area contributed by atoms with Crippen molar-refractivity contribution in [3.63, 3.8) is 0 Å². The number of aromatic nitrogens is 1. The molecule has 0 saturated heterocycles. The van der Waals surface area contributed by atoms with Gasteiger partial charge in [0, 0.05) is 45.0 Å². The maximum atomic E-state index is 13.5. The Morgan fingerprint density at radius 3 is 2.39 bits per heavy atom. The largest absolute Gasteiger partial charge is 0.294 e. The van der Waals surface area contributed by atoms with Crippen LogP contribution in [0.15, 0.2) is 78.4 Å². The van der Waals surface area contributed by atoms with E-state index in [0.717, 1.165) is 28.1 Å². The lowest BCUT2D eigenvalue weighted by atomic mass is 9.83. The molecule has 164 valence electrons. The second-order valence-corrected chi connectivity index (χ2v) is 8.17. The van der Waals surface area contributed by atoms with E-state index in [2.05, 4.69) is 16.8 Å². The van der Waals surface area contributed by atoms with Gasteiger partial charge in [-0.25, -0.2) is 0 Å². The predicted molar refractivity (Wildman–Crippen MR) is 128 cm³/mol. The van der Waals surface area contributed by atoms with Crippen LogP contribution in [0.2, 0.25) is 0 Å². The van der Waals surface area contributed by atoms with Crippen molar-refractivity contribution in [2.45, 2.75) is 32.1 Å². The van der Waals surface area contributed by atoms with Gasteiger partial charge in [0.25, 0.3) is 0 Å². The van der Waals surface area contributed by atoms with E-state index in [1.54, 1.807) is 0 Å². The number of nitro groups is 1. The van der Waals surface area contributed by atoms with Gasteiger partial charge in [0.05, 0.1) is 5.92 Å². The van der Waals surface area contributed by atoms with Gasteiger partial charge in [-0.2, -0.15) is 0 Å². The fourth-order valence-corrected chi connectivity index (χ4v) is 4.18. The van der Waals surface area contributed by atoms with Gasteiger partial charge in [0.15, 0.2) is 5.78 Å². The van der Waals surface area contributed by atoms with Crippen LogP contribution in [-0.2, 0) is 11.2 Å². The molecule has 1 aliphatic rings. The first-order valence-electron chi connectivity index (χ1n) is 11.0. The molecule has 0 spiro atoms. The van der Waals surface area contributed by atoms with Gasteiger partial charge >= 0.3 is 0 Å². The third kappa shape index (κ3) is 5.42. The van der Waals surface area contributed by atoms with Crippen molar-refractivity contribution in [3.8, 4) is 11.8 Å². The second-order valence-electron chi connectivity index (χ2n) is 8.17. The molecule has 33 heavy (non-hydrogen) atoms. The molecule has 3 aromatic rings. The second kappa shape index (κ2) is 10.1. The summed E-state index contributed by atoms with van der Waals surface area (Å²) in [5, 5.41) is 11.3. The normalized spacial score (nSPS) is 13.5. The molecule has 4 rings (SSSR count). The van der Waals surface area contributed by atoms with E-state index >= 15 is 0 Å². The summed E-state index contributed by atoms with van der Waals surface area (Å²) < 4.78 is 0. The molecule has 5 nitrogen and oxygen atoms in total. The quantitative estimate of drug-likeness (QED) is 0.304. The fourth-order valence-electron chi connectivity index (χ4n) is 4.18. The number of ketones is 1. The van der Waals surface area contributed by atoms with Gasteiger partial charge in [-0.3, -0.25) is 19.9 Å². The summed E-state index contributed by atoms with van der Waals surface area (Å²) in [5.41, 5.74) is 5.73. The molecule has 0 saturated carbocycles. The number of aryl methyl sites for hydroxylation is 2. The van der Waals surface area contributed by atoms with Crippen molar-refractivity contribution in [2.24, 2.45) is 0 Å². The van der Waals surface area contributed by atoms with Crippen molar-refractivity contribution >= 4 is 11.4 Å². The van der Waals surface area contributed by atoms with Crippen LogP contribution in [0.25, 0.3) is 5.57 Å². The number of Topliss-reactive ketones (excluding diaryl/α,β-unsaturated/α-hetero) is 1. The maximum Gasteiger partial charge on any atom is 0.211 e. The Hall–Kier alpha value is -4.04. The average Bonchev–Trinajstić information content (AvgIpc) is 2.82. The van der Waals surface area contributed by atoms with Crippen LogP contribution in [-0.4, -0.2) is 22.2 Å². The van der Waals surface area contributed by atoms with Crippen LogP contribution in [0.1, 0.15) is 46.8 Å². The van der Waals surface area contributed by atoms with E-state index in [9.17, 15) is 14.9 Å². The predicted octanol–water partition coefficient (Wildman–Crippen LogP) is 5.16. The van der Waals surface area contributed by atoms with Crippen LogP contribution in [0.5, 0.6) is 0 Å². The zero-order valence-corrected chi connectivity index (χ0v) is 18.5. The summed E-state index contributed by atoms with van der Waals surface area (Å²) in [6.45, 7) is 1.66. The first kappa shape index (κ1) is 22.2. The number of carbonyl (C=O) groups excluding carboxylic acids is 1. The molecule has 1 aliphatic carbocycles. The first-order valence-corrected chi connectivity index (χ1v) is 11.0. The van der Waals surface area contributed by atoms with Gasteiger partial charge in [-0.1, -0.05) is 66.4 Å². The Labute approximate surface area is 193 Å². The molecule has 1 heterocycles. The Bertz CT molecular complexity index is 1270. The zero-order valence-electron chi connectivity index (χ0n) is 18.5. The highest BCUT2D eigenvalue weighted by Gasteiger charge is 2.28. The summed E-state index contributed by atoms with van der Waals surface area (Å²) >= 11 is 0. The van der Waals surface area contributed by atoms with Crippen molar-refractivity contribution in [1.82, 2.24) is 4.98 Å². The Morgan fingerprint density at radius 1 is 1.00 bits per heavy atom. The molecule has 0 bridgehead atoms. The summed E-state index contributed by atoms with van der Waals surface area (Å²) in [7, 11) is 0. The van der Waals surface area contributed by atoms with Crippen molar-refractivity contribution in [2.75, 3.05) is 6.54 Å². The smallest absolute Gasteiger partial charge is 0.211 e. The molecular formula is C28H24N2O3. The Balaban J connectivity index is 1.74. The van der Waals surface area contributed by atoms with E-state index in [0.29, 0.717) is 24.0 Å². The topological polar surface area (TPSA) is 73.1 Å². The third-order valence-corrected chi connectivity index (χ3v) is 5.81. The summed E-state index contributed by atoms with van der Waals surface area (Å²) in [6, 6.07) is 22.8. The molecule has 1 aromatic heterocycles. The van der Waals surface area contributed by atoms with E-state index in [4.69, 9.17) is 0 Å². The van der Waals surface area contributed by atoms with Gasteiger partial charge in [-0.05, 0) is 43.5 Å². The van der Waals surface area contributed by atoms with Gasteiger partial charge in [0.1, 0.15) is 0 Å². The minimum atomic E-state index is -0.484. The number of fused-ring (bicyclic) bond motifs is 1. The summed E-state index contributed by atoms with van der Waals surface area (Å²) in [5.74, 6) is 5.84. The molecular weight excluding hydrogens is 412 g/mol. The van der Waals surface area contributed by atoms with E-state index in [1.165, 1.54) is 0 Å². The lowest BCUT2D eigenvalue weighted by Crippen LogP contribution is -2.20. The summed E-state index contributed by atoms with van der Waals surface area (Å²) in [6.07, 6.45) is 1.26. The van der Waals surface area contributed by atoms with Crippen LogP contribution < -0.4 is 0 Å². The maximum absolute atomic E-state index is 13.5. The average molecular weight is 437 g/mol. The molecule has 1 unspecified atom stereocenters. The Kier molecular flexibility index (Phi) is 6.75. The number of pyridine rings is 1. The Morgan fingerprint density at radius 2 is 1.70 bits per heavy atom.